The third kappa shape index (κ3) is 3.21. The summed E-state index contributed by atoms with van der Waals surface area (Å²) in [5.41, 5.74) is 3.71. The average molecular weight is 309 g/mol. The molecule has 0 saturated heterocycles. The number of hydrogen-bond acceptors (Lipinski definition) is 6. The molecule has 0 bridgehead atoms. The number of aryl methyl sites for hydroxylation is 3. The van der Waals surface area contributed by atoms with Crippen molar-refractivity contribution in [3.05, 3.63) is 41.3 Å². The van der Waals surface area contributed by atoms with E-state index >= 15 is 0 Å². The van der Waals surface area contributed by atoms with Crippen molar-refractivity contribution in [3.63, 3.8) is 0 Å². The van der Waals surface area contributed by atoms with Gasteiger partial charge in [-0.25, -0.2) is 19.9 Å². The highest BCUT2D eigenvalue weighted by atomic mass is 16.5. The molecule has 23 heavy (non-hydrogen) atoms. The Kier molecular flexibility index (Phi) is 4.06. The van der Waals surface area contributed by atoms with Crippen molar-refractivity contribution in [1.29, 1.82) is 0 Å². The zero-order valence-electron chi connectivity index (χ0n) is 13.7. The van der Waals surface area contributed by atoms with Gasteiger partial charge in [0, 0.05) is 17.3 Å². The van der Waals surface area contributed by atoms with E-state index < -0.39 is 0 Å². The minimum Gasteiger partial charge on any atom is -0.494 e. The number of nitrogens with one attached hydrogen (secondary N) is 1. The molecule has 1 aromatic carbocycles. The van der Waals surface area contributed by atoms with Crippen LogP contribution in [0.15, 0.2) is 24.4 Å². The predicted molar refractivity (Wildman–Crippen MR) is 90.2 cm³/mol. The van der Waals surface area contributed by atoms with Gasteiger partial charge < -0.3 is 4.74 Å². The Morgan fingerprint density at radius 3 is 2.52 bits per heavy atom. The molecule has 0 aliphatic carbocycles. The van der Waals surface area contributed by atoms with Gasteiger partial charge in [0.1, 0.15) is 5.75 Å². The maximum atomic E-state index is 5.53. The lowest BCUT2D eigenvalue weighted by Crippen LogP contribution is -2.04. The molecule has 118 valence electrons. The predicted octanol–water partition coefficient (Wildman–Crippen LogP) is 3.49. The summed E-state index contributed by atoms with van der Waals surface area (Å²) in [4.78, 5) is 17.7. The van der Waals surface area contributed by atoms with Crippen molar-refractivity contribution < 1.29 is 4.74 Å². The van der Waals surface area contributed by atoms with Gasteiger partial charge in [0.2, 0.25) is 11.9 Å². The number of hydrogen-bond donors (Lipinski definition) is 1. The molecule has 0 unspecified atom stereocenters. The molecule has 0 saturated carbocycles. The third-order valence-corrected chi connectivity index (χ3v) is 3.62. The molecule has 0 aliphatic heterocycles. The van der Waals surface area contributed by atoms with E-state index in [9.17, 15) is 0 Å². The van der Waals surface area contributed by atoms with Crippen molar-refractivity contribution in [2.24, 2.45) is 0 Å². The molecule has 0 radical (unpaired) electrons. The van der Waals surface area contributed by atoms with E-state index in [2.05, 4.69) is 25.3 Å². The Labute approximate surface area is 135 Å². The topological polar surface area (TPSA) is 72.8 Å². The zero-order chi connectivity index (χ0) is 16.4. The molecule has 0 fully saturated rings. The molecule has 2 heterocycles. The normalized spacial score (nSPS) is 10.8. The number of benzene rings is 1. The summed E-state index contributed by atoms with van der Waals surface area (Å²) in [7, 11) is 0. The number of nitrogens with zero attached hydrogens (tertiary/aromatic N) is 4. The maximum Gasteiger partial charge on any atom is 0.230 e. The van der Waals surface area contributed by atoms with Crippen molar-refractivity contribution >= 4 is 22.8 Å². The highest BCUT2D eigenvalue weighted by molar-refractivity contribution is 5.83. The van der Waals surface area contributed by atoms with Crippen molar-refractivity contribution in [2.75, 3.05) is 11.9 Å². The average Bonchev–Trinajstić information content (AvgIpc) is 2.52. The molecule has 2 aromatic heterocycles. The molecule has 1 N–H and O–H groups in total. The van der Waals surface area contributed by atoms with Gasteiger partial charge in [0.25, 0.3) is 0 Å². The first-order valence-corrected chi connectivity index (χ1v) is 7.55. The SMILES string of the molecule is CCOc1ccc2nc(Nc3ncc(C)c(C)n3)nc(C)c2c1. The van der Waals surface area contributed by atoms with Crippen molar-refractivity contribution in [2.45, 2.75) is 27.7 Å². The first-order valence-electron chi connectivity index (χ1n) is 7.55. The minimum absolute atomic E-state index is 0.488. The summed E-state index contributed by atoms with van der Waals surface area (Å²) in [5, 5.41) is 4.04. The highest BCUT2D eigenvalue weighted by Crippen LogP contribution is 2.23. The molecule has 3 aromatic rings. The fraction of sp³-hybridized carbons (Fsp3) is 0.294. The molecular weight excluding hydrogens is 290 g/mol. The standard InChI is InChI=1S/C17H19N5O/c1-5-23-13-6-7-15-14(8-13)12(4)20-17(21-15)22-16-18-9-10(2)11(3)19-16/h6-9H,5H2,1-4H3,(H,18,19,20,21,22). The number of anilines is 2. The Bertz CT molecular complexity index is 863. The molecule has 3 rings (SSSR count). The number of fused-ring (bicyclic) bond motifs is 1. The molecule has 0 atom stereocenters. The van der Waals surface area contributed by atoms with Crippen LogP contribution in [-0.2, 0) is 0 Å². The molecule has 6 heteroatoms. The van der Waals surface area contributed by atoms with Gasteiger partial charge in [0.05, 0.1) is 17.8 Å². The smallest absolute Gasteiger partial charge is 0.230 e. The summed E-state index contributed by atoms with van der Waals surface area (Å²) in [6.07, 6.45) is 1.78. The summed E-state index contributed by atoms with van der Waals surface area (Å²) >= 11 is 0. The van der Waals surface area contributed by atoms with Gasteiger partial charge in [-0.15, -0.1) is 0 Å². The molecule has 6 nitrogen and oxygen atoms in total. The first-order chi connectivity index (χ1) is 11.1. The summed E-state index contributed by atoms with van der Waals surface area (Å²) < 4.78 is 5.53. The summed E-state index contributed by atoms with van der Waals surface area (Å²) in [6, 6.07) is 5.81. The third-order valence-electron chi connectivity index (χ3n) is 3.62. The minimum atomic E-state index is 0.488. The van der Waals surface area contributed by atoms with E-state index in [1.54, 1.807) is 6.20 Å². The Balaban J connectivity index is 1.95. The van der Waals surface area contributed by atoms with Crippen LogP contribution in [-0.4, -0.2) is 26.5 Å². The van der Waals surface area contributed by atoms with Crippen LogP contribution in [0.5, 0.6) is 5.75 Å². The van der Waals surface area contributed by atoms with Crippen LogP contribution >= 0.6 is 0 Å². The van der Waals surface area contributed by atoms with E-state index in [0.717, 1.165) is 33.6 Å². The quantitative estimate of drug-likeness (QED) is 0.795. The van der Waals surface area contributed by atoms with Crippen LogP contribution in [0.4, 0.5) is 11.9 Å². The highest BCUT2D eigenvalue weighted by Gasteiger charge is 2.08. The largest absolute Gasteiger partial charge is 0.494 e. The number of aromatic nitrogens is 4. The maximum absolute atomic E-state index is 5.53. The van der Waals surface area contributed by atoms with E-state index in [0.29, 0.717) is 18.5 Å². The van der Waals surface area contributed by atoms with E-state index in [1.165, 1.54) is 0 Å². The van der Waals surface area contributed by atoms with Crippen LogP contribution in [0.2, 0.25) is 0 Å². The second-order valence-electron chi connectivity index (χ2n) is 5.33. The lowest BCUT2D eigenvalue weighted by Gasteiger charge is -2.09. The zero-order valence-corrected chi connectivity index (χ0v) is 13.7. The van der Waals surface area contributed by atoms with Gasteiger partial charge >= 0.3 is 0 Å². The van der Waals surface area contributed by atoms with Crippen molar-refractivity contribution in [3.8, 4) is 5.75 Å². The Hall–Kier alpha value is -2.76. The Morgan fingerprint density at radius 1 is 1.00 bits per heavy atom. The second-order valence-corrected chi connectivity index (χ2v) is 5.33. The van der Waals surface area contributed by atoms with Crippen LogP contribution in [0.3, 0.4) is 0 Å². The Morgan fingerprint density at radius 2 is 1.78 bits per heavy atom. The first kappa shape index (κ1) is 15.1. The van der Waals surface area contributed by atoms with E-state index in [4.69, 9.17) is 4.74 Å². The molecule has 0 spiro atoms. The van der Waals surface area contributed by atoms with E-state index in [1.807, 2.05) is 45.9 Å². The number of rotatable bonds is 4. The lowest BCUT2D eigenvalue weighted by atomic mass is 10.2. The summed E-state index contributed by atoms with van der Waals surface area (Å²) in [5.74, 6) is 1.81. The van der Waals surface area contributed by atoms with Gasteiger partial charge in [-0.3, -0.25) is 5.32 Å². The second kappa shape index (κ2) is 6.16. The molecular formula is C17H19N5O. The lowest BCUT2D eigenvalue weighted by molar-refractivity contribution is 0.340. The van der Waals surface area contributed by atoms with Crippen LogP contribution < -0.4 is 10.1 Å². The number of ether oxygens (including phenoxy) is 1. The van der Waals surface area contributed by atoms with Gasteiger partial charge in [0.15, 0.2) is 0 Å². The van der Waals surface area contributed by atoms with Crippen LogP contribution in [0.1, 0.15) is 23.9 Å². The molecule has 0 aliphatic rings. The van der Waals surface area contributed by atoms with Crippen molar-refractivity contribution in [1.82, 2.24) is 19.9 Å². The van der Waals surface area contributed by atoms with Gasteiger partial charge in [-0.1, -0.05) is 0 Å². The fourth-order valence-corrected chi connectivity index (χ4v) is 2.26. The van der Waals surface area contributed by atoms with Gasteiger partial charge in [-0.2, -0.15) is 0 Å². The van der Waals surface area contributed by atoms with Crippen LogP contribution in [0, 0.1) is 20.8 Å². The van der Waals surface area contributed by atoms with Gasteiger partial charge in [-0.05, 0) is 51.5 Å². The fourth-order valence-electron chi connectivity index (χ4n) is 2.26. The van der Waals surface area contributed by atoms with Crippen LogP contribution in [0.25, 0.3) is 10.9 Å². The van der Waals surface area contributed by atoms with E-state index in [-0.39, 0.29) is 0 Å². The monoisotopic (exact) mass is 309 g/mol. The summed E-state index contributed by atoms with van der Waals surface area (Å²) in [6.45, 7) is 8.47. The molecule has 0 amide bonds.